The maximum Gasteiger partial charge on any atom is 0.0985 e. The van der Waals surface area contributed by atoms with Crippen LogP contribution >= 0.6 is 12.2 Å². The SMILES string of the molecule is CN(C)CCOC(=S)[S-]. The molecule has 0 bridgehead atoms. The van der Waals surface area contributed by atoms with E-state index in [0.29, 0.717) is 6.61 Å². The molecule has 0 aliphatic heterocycles. The highest BCUT2D eigenvalue weighted by Crippen LogP contribution is 1.80. The largest absolute Gasteiger partial charge is 0.512 e. The van der Waals surface area contributed by atoms with Crippen LogP contribution in [-0.4, -0.2) is 36.5 Å². The third-order valence-electron chi connectivity index (χ3n) is 0.758. The van der Waals surface area contributed by atoms with Crippen LogP contribution in [0.5, 0.6) is 0 Å². The number of hydrogen-bond acceptors (Lipinski definition) is 4. The Morgan fingerprint density at radius 3 is 2.56 bits per heavy atom. The maximum atomic E-state index is 4.86. The molecule has 0 rings (SSSR count). The van der Waals surface area contributed by atoms with E-state index in [1.54, 1.807) is 0 Å². The summed E-state index contributed by atoms with van der Waals surface area (Å²) in [7, 11) is 3.94. The summed E-state index contributed by atoms with van der Waals surface area (Å²) >= 11 is 9.04. The monoisotopic (exact) mass is 164 g/mol. The summed E-state index contributed by atoms with van der Waals surface area (Å²) in [6.07, 6.45) is 0. The maximum absolute atomic E-state index is 4.86. The predicted molar refractivity (Wildman–Crippen MR) is 44.5 cm³/mol. The van der Waals surface area contributed by atoms with Crippen LogP contribution in [0.2, 0.25) is 0 Å². The second kappa shape index (κ2) is 4.90. The summed E-state index contributed by atoms with van der Waals surface area (Å²) in [6, 6.07) is 0. The second-order valence-corrected chi connectivity index (χ2v) is 2.90. The Kier molecular flexibility index (Phi) is 4.94. The number of thiocarbonyl (C=S) groups is 1. The minimum atomic E-state index is 0.205. The molecule has 0 atom stereocenters. The van der Waals surface area contributed by atoms with Crippen LogP contribution in [0.25, 0.3) is 0 Å². The summed E-state index contributed by atoms with van der Waals surface area (Å²) in [4.78, 5) is 2.01. The molecule has 0 radical (unpaired) electrons. The van der Waals surface area contributed by atoms with Gasteiger partial charge in [-0.05, 0) is 14.1 Å². The van der Waals surface area contributed by atoms with Crippen molar-refractivity contribution in [2.75, 3.05) is 27.2 Å². The lowest BCUT2D eigenvalue weighted by atomic mass is 10.6. The first kappa shape index (κ1) is 9.07. The Labute approximate surface area is 66.6 Å². The summed E-state index contributed by atoms with van der Waals surface area (Å²) < 4.78 is 5.06. The van der Waals surface area contributed by atoms with Gasteiger partial charge in [0.15, 0.2) is 0 Å². The van der Waals surface area contributed by atoms with E-state index >= 15 is 0 Å². The topological polar surface area (TPSA) is 12.5 Å². The average Bonchev–Trinajstić information content (AvgIpc) is 1.63. The zero-order chi connectivity index (χ0) is 7.28. The molecule has 0 N–H and O–H groups in total. The molecule has 0 aromatic heterocycles. The molecule has 0 unspecified atom stereocenters. The number of hydrogen-bond donors (Lipinski definition) is 0. The van der Waals surface area contributed by atoms with Crippen molar-refractivity contribution in [2.45, 2.75) is 0 Å². The summed E-state index contributed by atoms with van der Waals surface area (Å²) in [5, 5.41) is 0. The minimum absolute atomic E-state index is 0.205. The van der Waals surface area contributed by atoms with Crippen molar-refractivity contribution in [3.8, 4) is 0 Å². The third-order valence-corrected chi connectivity index (χ3v) is 0.994. The molecule has 0 fully saturated rings. The lowest BCUT2D eigenvalue weighted by Crippen LogP contribution is -2.18. The standard InChI is InChI=1S/C5H11NOS2/c1-6(2)3-4-7-5(8)9/h3-4H2,1-2H3,(H,8,9)/p-1. The predicted octanol–water partition coefficient (Wildman–Crippen LogP) is 0.396. The lowest BCUT2D eigenvalue weighted by Gasteiger charge is -2.12. The summed E-state index contributed by atoms with van der Waals surface area (Å²) in [5.74, 6) is 0. The smallest absolute Gasteiger partial charge is 0.0985 e. The quantitative estimate of drug-likeness (QED) is 0.442. The first-order valence-electron chi connectivity index (χ1n) is 2.61. The summed E-state index contributed by atoms with van der Waals surface area (Å²) in [5.41, 5.74) is 0. The van der Waals surface area contributed by atoms with Crippen LogP contribution in [0.1, 0.15) is 0 Å². The number of rotatable bonds is 3. The number of ether oxygens (including phenoxy) is 1. The van der Waals surface area contributed by atoms with Gasteiger partial charge in [-0.25, -0.2) is 0 Å². The van der Waals surface area contributed by atoms with Gasteiger partial charge in [0.1, 0.15) is 0 Å². The fourth-order valence-electron chi connectivity index (χ4n) is 0.312. The second-order valence-electron chi connectivity index (χ2n) is 1.90. The first-order chi connectivity index (χ1) is 4.13. The van der Waals surface area contributed by atoms with Crippen LogP contribution < -0.4 is 0 Å². The van der Waals surface area contributed by atoms with Gasteiger partial charge in [0, 0.05) is 10.9 Å². The van der Waals surface area contributed by atoms with Gasteiger partial charge in [-0.15, -0.1) is 0 Å². The van der Waals surface area contributed by atoms with Crippen molar-refractivity contribution >= 4 is 29.2 Å². The van der Waals surface area contributed by atoms with E-state index in [4.69, 9.17) is 4.74 Å². The van der Waals surface area contributed by atoms with Gasteiger partial charge < -0.3 is 34.5 Å². The van der Waals surface area contributed by atoms with Gasteiger partial charge >= 0.3 is 0 Å². The fourth-order valence-corrected chi connectivity index (χ4v) is 0.478. The zero-order valence-corrected chi connectivity index (χ0v) is 7.22. The Balaban J connectivity index is 3.01. The van der Waals surface area contributed by atoms with Gasteiger partial charge in [-0.1, -0.05) is 0 Å². The Bertz CT molecular complexity index is 95.0. The van der Waals surface area contributed by atoms with Gasteiger partial charge in [-0.2, -0.15) is 0 Å². The van der Waals surface area contributed by atoms with Crippen molar-refractivity contribution in [3.63, 3.8) is 0 Å². The van der Waals surface area contributed by atoms with Gasteiger partial charge in [0.25, 0.3) is 0 Å². The third kappa shape index (κ3) is 8.07. The molecule has 0 aliphatic carbocycles. The molecule has 4 heteroatoms. The van der Waals surface area contributed by atoms with Crippen LogP contribution in [0, 0.1) is 0 Å². The average molecular weight is 164 g/mol. The van der Waals surface area contributed by atoms with Gasteiger partial charge in [0.2, 0.25) is 0 Å². The van der Waals surface area contributed by atoms with Crippen molar-refractivity contribution in [2.24, 2.45) is 0 Å². The molecule has 2 nitrogen and oxygen atoms in total. The van der Waals surface area contributed by atoms with Crippen LogP contribution in [0.15, 0.2) is 0 Å². The highest BCUT2D eigenvalue weighted by atomic mass is 32.1. The van der Waals surface area contributed by atoms with Crippen molar-refractivity contribution in [3.05, 3.63) is 0 Å². The van der Waals surface area contributed by atoms with Gasteiger partial charge in [0.05, 0.1) is 6.61 Å². The first-order valence-corrected chi connectivity index (χ1v) is 3.43. The Morgan fingerprint density at radius 2 is 2.22 bits per heavy atom. The van der Waals surface area contributed by atoms with E-state index in [1.807, 2.05) is 19.0 Å². The van der Waals surface area contributed by atoms with E-state index in [1.165, 1.54) is 0 Å². The molecule has 0 saturated carbocycles. The minimum Gasteiger partial charge on any atom is -0.512 e. The van der Waals surface area contributed by atoms with E-state index < -0.39 is 0 Å². The number of likely N-dealkylation sites (N-methyl/N-ethyl adjacent to an activating group) is 1. The Hall–Kier alpha value is 0.0700. The molecule has 0 aromatic carbocycles. The van der Waals surface area contributed by atoms with Crippen LogP contribution in [0.4, 0.5) is 0 Å². The molecule has 0 spiro atoms. The molecule has 0 aliphatic rings. The fraction of sp³-hybridized carbons (Fsp3) is 0.800. The molecular weight excluding hydrogens is 154 g/mol. The molecule has 0 amide bonds. The van der Waals surface area contributed by atoms with E-state index in [9.17, 15) is 0 Å². The number of nitrogens with zero attached hydrogens (tertiary/aromatic N) is 1. The van der Waals surface area contributed by atoms with Crippen molar-refractivity contribution in [1.29, 1.82) is 0 Å². The molecular formula is C5H10NOS2-. The molecule has 0 heterocycles. The molecule has 54 valence electrons. The highest BCUT2D eigenvalue weighted by Gasteiger charge is 1.86. The Morgan fingerprint density at radius 1 is 1.67 bits per heavy atom. The molecule has 0 saturated heterocycles. The normalized spacial score (nSPS) is 9.67. The lowest BCUT2D eigenvalue weighted by molar-refractivity contribution is 0.262. The van der Waals surface area contributed by atoms with Crippen molar-refractivity contribution < 1.29 is 4.74 Å². The molecule has 0 aromatic rings. The van der Waals surface area contributed by atoms with Crippen LogP contribution in [0.3, 0.4) is 0 Å². The zero-order valence-electron chi connectivity index (χ0n) is 5.59. The van der Waals surface area contributed by atoms with Gasteiger partial charge in [-0.3, -0.25) is 0 Å². The van der Waals surface area contributed by atoms with E-state index in [2.05, 4.69) is 24.8 Å². The van der Waals surface area contributed by atoms with E-state index in [-0.39, 0.29) is 4.38 Å². The van der Waals surface area contributed by atoms with Crippen molar-refractivity contribution in [1.82, 2.24) is 4.90 Å². The highest BCUT2D eigenvalue weighted by molar-refractivity contribution is 7.99. The summed E-state index contributed by atoms with van der Waals surface area (Å²) in [6.45, 7) is 1.45. The van der Waals surface area contributed by atoms with Crippen LogP contribution in [-0.2, 0) is 17.4 Å². The van der Waals surface area contributed by atoms with E-state index in [0.717, 1.165) is 6.54 Å². The molecule has 9 heavy (non-hydrogen) atoms.